The Morgan fingerprint density at radius 2 is 1.89 bits per heavy atom. The molecule has 0 radical (unpaired) electrons. The highest BCUT2D eigenvalue weighted by Crippen LogP contribution is 2.23. The van der Waals surface area contributed by atoms with Crippen molar-refractivity contribution in [3.05, 3.63) is 59.7 Å². The summed E-state index contributed by atoms with van der Waals surface area (Å²) < 4.78 is 9.82. The van der Waals surface area contributed by atoms with Gasteiger partial charge in [-0.3, -0.25) is 9.59 Å². The number of anilines is 1. The van der Waals surface area contributed by atoms with Crippen molar-refractivity contribution >= 4 is 23.5 Å². The third-order valence-corrected chi connectivity index (χ3v) is 4.67. The lowest BCUT2D eigenvalue weighted by molar-refractivity contribution is -0.128. The number of ether oxygens (including phenoxy) is 2. The number of benzene rings is 2. The van der Waals surface area contributed by atoms with E-state index in [0.717, 1.165) is 11.3 Å². The topological polar surface area (TPSA) is 84.9 Å². The summed E-state index contributed by atoms with van der Waals surface area (Å²) in [4.78, 5) is 38.2. The Hall–Kier alpha value is -3.35. The van der Waals surface area contributed by atoms with Crippen molar-refractivity contribution in [2.24, 2.45) is 5.92 Å². The third kappa shape index (κ3) is 4.49. The van der Waals surface area contributed by atoms with E-state index >= 15 is 0 Å². The van der Waals surface area contributed by atoms with E-state index in [1.165, 1.54) is 7.11 Å². The zero-order valence-electron chi connectivity index (χ0n) is 15.8. The molecule has 2 aromatic carbocycles. The molecule has 146 valence electrons. The number of nitrogens with zero attached hydrogens (tertiary/aromatic N) is 1. The highest BCUT2D eigenvalue weighted by molar-refractivity contribution is 5.98. The first-order valence-corrected chi connectivity index (χ1v) is 8.90. The van der Waals surface area contributed by atoms with E-state index in [-0.39, 0.29) is 18.2 Å². The Balaban J connectivity index is 1.61. The molecule has 1 heterocycles. The molecule has 0 saturated carbocycles. The standard InChI is InChI=1S/C21H22N2O5/c1-27-18-8-6-14(7-9-18)12-23-13-16(11-19(23)24)20(25)22-17-5-3-4-15(10-17)21(26)28-2/h3-10,16H,11-13H2,1-2H3,(H,22,25). The average Bonchev–Trinajstić information content (AvgIpc) is 3.08. The molecule has 28 heavy (non-hydrogen) atoms. The van der Waals surface area contributed by atoms with Crippen LogP contribution >= 0.6 is 0 Å². The molecule has 1 aliphatic rings. The minimum Gasteiger partial charge on any atom is -0.497 e. The quantitative estimate of drug-likeness (QED) is 0.776. The van der Waals surface area contributed by atoms with Gasteiger partial charge in [-0.2, -0.15) is 0 Å². The van der Waals surface area contributed by atoms with Gasteiger partial charge in [0.25, 0.3) is 0 Å². The van der Waals surface area contributed by atoms with Crippen LogP contribution in [0.5, 0.6) is 5.75 Å². The predicted octanol–water partition coefficient (Wildman–Crippen LogP) is 2.47. The van der Waals surface area contributed by atoms with Crippen LogP contribution < -0.4 is 10.1 Å². The first-order chi connectivity index (χ1) is 13.5. The van der Waals surface area contributed by atoms with E-state index in [1.807, 2.05) is 24.3 Å². The normalized spacial score (nSPS) is 16.0. The summed E-state index contributed by atoms with van der Waals surface area (Å²) in [5.41, 5.74) is 1.82. The molecular formula is C21H22N2O5. The number of likely N-dealkylation sites (tertiary alicyclic amines) is 1. The zero-order valence-corrected chi connectivity index (χ0v) is 15.8. The minimum absolute atomic E-state index is 0.0562. The van der Waals surface area contributed by atoms with Crippen LogP contribution in [0, 0.1) is 5.92 Å². The smallest absolute Gasteiger partial charge is 0.337 e. The summed E-state index contributed by atoms with van der Waals surface area (Å²) in [7, 11) is 2.90. The van der Waals surface area contributed by atoms with Crippen molar-refractivity contribution < 1.29 is 23.9 Å². The SMILES string of the molecule is COC(=O)c1cccc(NC(=O)C2CC(=O)N(Cc3ccc(OC)cc3)C2)c1. The van der Waals surface area contributed by atoms with E-state index in [9.17, 15) is 14.4 Å². The van der Waals surface area contributed by atoms with Crippen LogP contribution in [0.25, 0.3) is 0 Å². The molecule has 3 rings (SSSR count). The van der Waals surface area contributed by atoms with Crippen LogP contribution in [-0.2, 0) is 20.9 Å². The number of amides is 2. The van der Waals surface area contributed by atoms with E-state index in [0.29, 0.717) is 24.3 Å². The summed E-state index contributed by atoms with van der Waals surface area (Å²) in [6.07, 6.45) is 0.165. The van der Waals surface area contributed by atoms with E-state index < -0.39 is 11.9 Å². The number of methoxy groups -OCH3 is 2. The van der Waals surface area contributed by atoms with Crippen LogP contribution in [-0.4, -0.2) is 43.4 Å². The molecule has 1 unspecified atom stereocenters. The van der Waals surface area contributed by atoms with Gasteiger partial charge < -0.3 is 19.7 Å². The molecule has 1 N–H and O–H groups in total. The molecular weight excluding hydrogens is 360 g/mol. The Morgan fingerprint density at radius 3 is 2.57 bits per heavy atom. The fourth-order valence-electron chi connectivity index (χ4n) is 3.14. The summed E-state index contributed by atoms with van der Waals surface area (Å²) in [6, 6.07) is 14.0. The Morgan fingerprint density at radius 1 is 1.14 bits per heavy atom. The van der Waals surface area contributed by atoms with Gasteiger partial charge in [-0.15, -0.1) is 0 Å². The van der Waals surface area contributed by atoms with Crippen molar-refractivity contribution in [1.29, 1.82) is 0 Å². The largest absolute Gasteiger partial charge is 0.497 e. The third-order valence-electron chi connectivity index (χ3n) is 4.67. The number of carbonyl (C=O) groups is 3. The van der Waals surface area contributed by atoms with Gasteiger partial charge >= 0.3 is 5.97 Å². The first-order valence-electron chi connectivity index (χ1n) is 8.90. The highest BCUT2D eigenvalue weighted by Gasteiger charge is 2.34. The molecule has 0 spiro atoms. The van der Waals surface area contributed by atoms with Crippen LogP contribution in [0.4, 0.5) is 5.69 Å². The molecule has 0 aliphatic carbocycles. The number of hydrogen-bond acceptors (Lipinski definition) is 5. The molecule has 1 atom stereocenters. The molecule has 0 bridgehead atoms. The molecule has 1 fully saturated rings. The second kappa shape index (κ2) is 8.56. The Bertz CT molecular complexity index is 879. The Kier molecular flexibility index (Phi) is 5.93. The van der Waals surface area contributed by atoms with Crippen LogP contribution in [0.1, 0.15) is 22.3 Å². The Labute approximate surface area is 163 Å². The summed E-state index contributed by atoms with van der Waals surface area (Å²) in [5, 5.41) is 2.78. The maximum Gasteiger partial charge on any atom is 0.337 e. The van der Waals surface area contributed by atoms with Crippen LogP contribution in [0.15, 0.2) is 48.5 Å². The van der Waals surface area contributed by atoms with E-state index in [2.05, 4.69) is 10.1 Å². The maximum atomic E-state index is 12.6. The number of carbonyl (C=O) groups excluding carboxylic acids is 3. The van der Waals surface area contributed by atoms with Gasteiger partial charge in [-0.25, -0.2) is 4.79 Å². The van der Waals surface area contributed by atoms with Crippen molar-refractivity contribution in [3.63, 3.8) is 0 Å². The monoisotopic (exact) mass is 382 g/mol. The van der Waals surface area contributed by atoms with Crippen molar-refractivity contribution in [2.45, 2.75) is 13.0 Å². The number of hydrogen-bond donors (Lipinski definition) is 1. The second-order valence-electron chi connectivity index (χ2n) is 6.59. The molecule has 2 amide bonds. The minimum atomic E-state index is -0.474. The number of esters is 1. The summed E-state index contributed by atoms with van der Waals surface area (Å²) >= 11 is 0. The molecule has 0 aromatic heterocycles. The van der Waals surface area contributed by atoms with Gasteiger partial charge in [0, 0.05) is 25.2 Å². The number of nitrogens with one attached hydrogen (secondary N) is 1. The molecule has 2 aromatic rings. The van der Waals surface area contributed by atoms with Gasteiger partial charge in [0.1, 0.15) is 5.75 Å². The van der Waals surface area contributed by atoms with Gasteiger partial charge in [0.05, 0.1) is 25.7 Å². The lowest BCUT2D eigenvalue weighted by Crippen LogP contribution is -2.28. The first kappa shape index (κ1) is 19.4. The van der Waals surface area contributed by atoms with E-state index in [4.69, 9.17) is 4.74 Å². The van der Waals surface area contributed by atoms with Crippen LogP contribution in [0.3, 0.4) is 0 Å². The van der Waals surface area contributed by atoms with Crippen molar-refractivity contribution in [2.75, 3.05) is 26.1 Å². The van der Waals surface area contributed by atoms with Gasteiger partial charge in [-0.1, -0.05) is 18.2 Å². The lowest BCUT2D eigenvalue weighted by atomic mass is 10.1. The lowest BCUT2D eigenvalue weighted by Gasteiger charge is -2.17. The molecule has 1 aliphatic heterocycles. The van der Waals surface area contributed by atoms with Crippen molar-refractivity contribution in [1.82, 2.24) is 4.90 Å². The predicted molar refractivity (Wildman–Crippen MR) is 103 cm³/mol. The second-order valence-corrected chi connectivity index (χ2v) is 6.59. The fraction of sp³-hybridized carbons (Fsp3) is 0.286. The van der Waals surface area contributed by atoms with Crippen LogP contribution in [0.2, 0.25) is 0 Å². The fourth-order valence-corrected chi connectivity index (χ4v) is 3.14. The zero-order chi connectivity index (χ0) is 20.1. The molecule has 7 heteroatoms. The maximum absolute atomic E-state index is 12.6. The molecule has 7 nitrogen and oxygen atoms in total. The number of rotatable bonds is 6. The summed E-state index contributed by atoms with van der Waals surface area (Å²) in [5.74, 6) is -0.458. The van der Waals surface area contributed by atoms with Crippen molar-refractivity contribution in [3.8, 4) is 5.75 Å². The van der Waals surface area contributed by atoms with Gasteiger partial charge in [0.2, 0.25) is 11.8 Å². The average molecular weight is 382 g/mol. The highest BCUT2D eigenvalue weighted by atomic mass is 16.5. The van der Waals surface area contributed by atoms with Gasteiger partial charge in [-0.05, 0) is 35.9 Å². The summed E-state index contributed by atoms with van der Waals surface area (Å²) in [6.45, 7) is 0.803. The molecule has 1 saturated heterocycles. The van der Waals surface area contributed by atoms with E-state index in [1.54, 1.807) is 36.3 Å². The van der Waals surface area contributed by atoms with Gasteiger partial charge in [0.15, 0.2) is 0 Å².